The number of rotatable bonds is 2. The third-order valence-electron chi connectivity index (χ3n) is 2.77. The molecule has 0 aliphatic heterocycles. The quantitative estimate of drug-likeness (QED) is 0.801. The number of nitrogens with zero attached hydrogens (tertiary/aromatic N) is 2. The lowest BCUT2D eigenvalue weighted by molar-refractivity contribution is 0.0592. The molecule has 0 atom stereocenters. The van der Waals surface area contributed by atoms with Crippen molar-refractivity contribution in [3.05, 3.63) is 45.7 Å². The lowest BCUT2D eigenvalue weighted by Gasteiger charge is -2.07. The SMILES string of the molecule is COC(=O)c1nn(-c2ccccc2C)c(C)c1Br. The summed E-state index contributed by atoms with van der Waals surface area (Å²) in [6.07, 6.45) is 0. The zero-order valence-corrected chi connectivity index (χ0v) is 12.0. The van der Waals surface area contributed by atoms with Gasteiger partial charge in [0.1, 0.15) is 0 Å². The monoisotopic (exact) mass is 308 g/mol. The third kappa shape index (κ3) is 2.06. The molecule has 0 amide bonds. The Morgan fingerprint density at radius 2 is 2.00 bits per heavy atom. The first-order valence-electron chi connectivity index (χ1n) is 5.45. The van der Waals surface area contributed by atoms with Crippen molar-refractivity contribution in [2.45, 2.75) is 13.8 Å². The van der Waals surface area contributed by atoms with E-state index < -0.39 is 5.97 Å². The lowest BCUT2D eigenvalue weighted by atomic mass is 10.2. The van der Waals surface area contributed by atoms with Crippen molar-refractivity contribution in [3.63, 3.8) is 0 Å². The van der Waals surface area contributed by atoms with Gasteiger partial charge in [-0.3, -0.25) is 0 Å². The van der Waals surface area contributed by atoms with E-state index in [0.29, 0.717) is 10.2 Å². The van der Waals surface area contributed by atoms with Gasteiger partial charge in [-0.15, -0.1) is 0 Å². The first kappa shape index (κ1) is 12.8. The van der Waals surface area contributed by atoms with Crippen LogP contribution < -0.4 is 0 Å². The molecule has 0 saturated carbocycles. The summed E-state index contributed by atoms with van der Waals surface area (Å²) in [6.45, 7) is 3.90. The largest absolute Gasteiger partial charge is 0.464 e. The Hall–Kier alpha value is -1.62. The predicted molar refractivity (Wildman–Crippen MR) is 72.1 cm³/mol. The van der Waals surface area contributed by atoms with E-state index in [1.54, 1.807) is 4.68 Å². The zero-order chi connectivity index (χ0) is 13.3. The molecule has 5 heteroatoms. The molecule has 0 aliphatic rings. The van der Waals surface area contributed by atoms with Crippen molar-refractivity contribution in [3.8, 4) is 5.69 Å². The molecule has 0 saturated heterocycles. The summed E-state index contributed by atoms with van der Waals surface area (Å²) >= 11 is 3.38. The van der Waals surface area contributed by atoms with Gasteiger partial charge in [-0.2, -0.15) is 5.10 Å². The van der Waals surface area contributed by atoms with Crippen molar-refractivity contribution in [2.75, 3.05) is 7.11 Å². The zero-order valence-electron chi connectivity index (χ0n) is 10.4. The Bertz CT molecular complexity index is 605. The minimum Gasteiger partial charge on any atom is -0.464 e. The summed E-state index contributed by atoms with van der Waals surface area (Å²) in [4.78, 5) is 11.6. The fraction of sp³-hybridized carbons (Fsp3) is 0.231. The van der Waals surface area contributed by atoms with Gasteiger partial charge < -0.3 is 4.74 Å². The summed E-state index contributed by atoms with van der Waals surface area (Å²) in [7, 11) is 1.34. The maximum Gasteiger partial charge on any atom is 0.359 e. The molecular formula is C13H13BrN2O2. The van der Waals surface area contributed by atoms with Crippen LogP contribution in [0.5, 0.6) is 0 Å². The number of carbonyl (C=O) groups is 1. The van der Waals surface area contributed by atoms with Gasteiger partial charge in [0, 0.05) is 0 Å². The van der Waals surface area contributed by atoms with Gasteiger partial charge in [0.2, 0.25) is 0 Å². The van der Waals surface area contributed by atoms with Crippen LogP contribution in [0.15, 0.2) is 28.7 Å². The van der Waals surface area contributed by atoms with Gasteiger partial charge in [-0.1, -0.05) is 18.2 Å². The van der Waals surface area contributed by atoms with E-state index in [4.69, 9.17) is 4.74 Å². The topological polar surface area (TPSA) is 44.1 Å². The van der Waals surface area contributed by atoms with Crippen molar-refractivity contribution >= 4 is 21.9 Å². The van der Waals surface area contributed by atoms with Crippen LogP contribution in [-0.4, -0.2) is 22.9 Å². The van der Waals surface area contributed by atoms with E-state index in [2.05, 4.69) is 21.0 Å². The Morgan fingerprint density at radius 3 is 2.61 bits per heavy atom. The third-order valence-corrected chi connectivity index (χ3v) is 3.72. The summed E-state index contributed by atoms with van der Waals surface area (Å²) in [5, 5.41) is 4.31. The highest BCUT2D eigenvalue weighted by Crippen LogP contribution is 2.25. The van der Waals surface area contributed by atoms with Crippen LogP contribution in [0.3, 0.4) is 0 Å². The molecule has 2 aromatic rings. The highest BCUT2D eigenvalue weighted by atomic mass is 79.9. The lowest BCUT2D eigenvalue weighted by Crippen LogP contribution is -2.05. The molecule has 0 N–H and O–H groups in total. The van der Waals surface area contributed by atoms with Gasteiger partial charge in [-0.05, 0) is 41.4 Å². The molecule has 2 rings (SSSR count). The number of aromatic nitrogens is 2. The van der Waals surface area contributed by atoms with Crippen LogP contribution in [0.2, 0.25) is 0 Å². The molecule has 1 aromatic heterocycles. The summed E-state index contributed by atoms with van der Waals surface area (Å²) in [6, 6.07) is 7.87. The standard InChI is InChI=1S/C13H13BrN2O2/c1-8-6-4-5-7-10(8)16-9(2)11(14)12(15-16)13(17)18-3/h4-7H,1-3H3. The van der Waals surface area contributed by atoms with E-state index in [-0.39, 0.29) is 0 Å². The molecule has 0 unspecified atom stereocenters. The fourth-order valence-electron chi connectivity index (χ4n) is 1.75. The first-order chi connectivity index (χ1) is 8.56. The van der Waals surface area contributed by atoms with Crippen LogP contribution in [-0.2, 0) is 4.74 Å². The van der Waals surface area contributed by atoms with Crippen LogP contribution >= 0.6 is 15.9 Å². The second kappa shape index (κ2) is 4.94. The molecular weight excluding hydrogens is 296 g/mol. The Kier molecular flexibility index (Phi) is 3.52. The number of hydrogen-bond donors (Lipinski definition) is 0. The van der Waals surface area contributed by atoms with Gasteiger partial charge in [-0.25, -0.2) is 9.48 Å². The number of hydrogen-bond acceptors (Lipinski definition) is 3. The first-order valence-corrected chi connectivity index (χ1v) is 6.25. The molecule has 0 spiro atoms. The molecule has 1 heterocycles. The number of halogens is 1. The van der Waals surface area contributed by atoms with Gasteiger partial charge in [0.25, 0.3) is 0 Å². The van der Waals surface area contributed by atoms with Crippen LogP contribution in [0.4, 0.5) is 0 Å². The normalized spacial score (nSPS) is 10.4. The fourth-order valence-corrected chi connectivity index (χ4v) is 2.16. The number of methoxy groups -OCH3 is 1. The Morgan fingerprint density at radius 1 is 1.33 bits per heavy atom. The number of ether oxygens (including phenoxy) is 1. The number of esters is 1. The maximum absolute atomic E-state index is 11.6. The summed E-state index contributed by atoms with van der Waals surface area (Å²) in [5.41, 5.74) is 3.20. The average molecular weight is 309 g/mol. The molecule has 0 aliphatic carbocycles. The minimum absolute atomic E-state index is 0.290. The molecule has 18 heavy (non-hydrogen) atoms. The van der Waals surface area contributed by atoms with Crippen LogP contribution in [0.1, 0.15) is 21.7 Å². The van der Waals surface area contributed by atoms with Crippen LogP contribution in [0.25, 0.3) is 5.69 Å². The summed E-state index contributed by atoms with van der Waals surface area (Å²) in [5.74, 6) is -0.447. The average Bonchev–Trinajstić information content (AvgIpc) is 2.67. The molecule has 4 nitrogen and oxygen atoms in total. The number of carbonyl (C=O) groups excluding carboxylic acids is 1. The molecule has 0 fully saturated rings. The van der Waals surface area contributed by atoms with Crippen molar-refractivity contribution in [1.82, 2.24) is 9.78 Å². The van der Waals surface area contributed by atoms with E-state index in [0.717, 1.165) is 16.9 Å². The van der Waals surface area contributed by atoms with Crippen molar-refractivity contribution in [2.24, 2.45) is 0 Å². The van der Waals surface area contributed by atoms with E-state index in [9.17, 15) is 4.79 Å². The Balaban J connectivity index is 2.60. The minimum atomic E-state index is -0.447. The van der Waals surface area contributed by atoms with E-state index in [1.807, 2.05) is 38.1 Å². The van der Waals surface area contributed by atoms with Gasteiger partial charge >= 0.3 is 5.97 Å². The molecule has 0 radical (unpaired) electrons. The molecule has 1 aromatic carbocycles. The number of benzene rings is 1. The summed E-state index contributed by atoms with van der Waals surface area (Å²) < 4.78 is 7.11. The molecule has 94 valence electrons. The Labute approximate surface area is 114 Å². The molecule has 0 bridgehead atoms. The second-order valence-corrected chi connectivity index (χ2v) is 4.73. The van der Waals surface area contributed by atoms with Crippen molar-refractivity contribution in [1.29, 1.82) is 0 Å². The number of para-hydroxylation sites is 1. The van der Waals surface area contributed by atoms with Gasteiger partial charge in [0.05, 0.1) is 23.0 Å². The predicted octanol–water partition coefficient (Wildman–Crippen LogP) is 3.04. The smallest absolute Gasteiger partial charge is 0.359 e. The number of aryl methyl sites for hydroxylation is 1. The van der Waals surface area contributed by atoms with Crippen LogP contribution in [0, 0.1) is 13.8 Å². The van der Waals surface area contributed by atoms with Gasteiger partial charge in [0.15, 0.2) is 5.69 Å². The van der Waals surface area contributed by atoms with Crippen molar-refractivity contribution < 1.29 is 9.53 Å². The maximum atomic E-state index is 11.6. The van der Waals surface area contributed by atoms with E-state index in [1.165, 1.54) is 7.11 Å². The highest BCUT2D eigenvalue weighted by Gasteiger charge is 2.20. The highest BCUT2D eigenvalue weighted by molar-refractivity contribution is 9.10. The van der Waals surface area contributed by atoms with E-state index >= 15 is 0 Å². The second-order valence-electron chi connectivity index (χ2n) is 3.94.